The third-order valence-electron chi connectivity index (χ3n) is 9.02. The van der Waals surface area contributed by atoms with E-state index in [2.05, 4.69) is 15.7 Å². The molecule has 3 heterocycles. The maximum absolute atomic E-state index is 13.9. The van der Waals surface area contributed by atoms with Gasteiger partial charge in [-0.2, -0.15) is 5.10 Å². The fraction of sp³-hybridized carbons (Fsp3) is 0.639. The monoisotopic (exact) mass is 682 g/mol. The number of amides is 4. The zero-order chi connectivity index (χ0) is 36.1. The first-order valence-electron chi connectivity index (χ1n) is 17.1. The molecule has 4 rings (SSSR count). The number of aliphatic hydroxyl groups excluding tert-OH is 1. The molecular formula is C36H54N6O7. The van der Waals surface area contributed by atoms with Crippen molar-refractivity contribution in [1.29, 1.82) is 0 Å². The quantitative estimate of drug-likeness (QED) is 0.345. The van der Waals surface area contributed by atoms with Gasteiger partial charge in [0.05, 0.1) is 24.4 Å². The first-order valence-corrected chi connectivity index (χ1v) is 17.1. The summed E-state index contributed by atoms with van der Waals surface area (Å²) in [5.41, 5.74) is 1.63. The van der Waals surface area contributed by atoms with Gasteiger partial charge in [0.2, 0.25) is 17.7 Å². The fourth-order valence-corrected chi connectivity index (χ4v) is 6.24. The van der Waals surface area contributed by atoms with Crippen LogP contribution in [0.15, 0.2) is 36.5 Å². The second kappa shape index (κ2) is 15.7. The molecule has 2 aliphatic heterocycles. The highest BCUT2D eigenvalue weighted by Gasteiger charge is 2.44. The van der Waals surface area contributed by atoms with Crippen LogP contribution in [0, 0.1) is 11.3 Å². The number of hydrogen-bond acceptors (Lipinski definition) is 8. The zero-order valence-electron chi connectivity index (χ0n) is 30.2. The fourth-order valence-electron chi connectivity index (χ4n) is 6.24. The Morgan fingerprint density at radius 1 is 1.00 bits per heavy atom. The molecule has 3 N–H and O–H groups in total. The van der Waals surface area contributed by atoms with Crippen LogP contribution in [0.2, 0.25) is 0 Å². The van der Waals surface area contributed by atoms with E-state index in [0.29, 0.717) is 19.7 Å². The summed E-state index contributed by atoms with van der Waals surface area (Å²) >= 11 is 0. The number of likely N-dealkylation sites (tertiary alicyclic amines) is 2. The van der Waals surface area contributed by atoms with E-state index in [-0.39, 0.29) is 43.5 Å². The molecule has 2 aromatic rings. The number of piperidine rings is 1. The molecule has 13 heteroatoms. The van der Waals surface area contributed by atoms with Gasteiger partial charge in [-0.05, 0) is 69.1 Å². The van der Waals surface area contributed by atoms with E-state index in [0.717, 1.165) is 29.7 Å². The van der Waals surface area contributed by atoms with E-state index in [1.807, 2.05) is 85.8 Å². The standard InChI is InChI=1S/C36H54N6O7/c1-23(25-9-11-26(12-10-25)28-13-16-37-40(28)8)38-32(45)29-19-27(43)20-42(29)33(46)31(35(2,3)4)39-30(44)22-48-21-24-14-17-41(18-15-24)34(47)49-36(5,6)7/h9-13,16,23-24,27,29,31,43H,14-15,17-22H2,1-8H3,(H,38,45)(H,39,44)/t23-,27+,29-,31+/m0/s1. The number of carbonyl (C=O) groups is 4. The lowest BCUT2D eigenvalue weighted by atomic mass is 9.85. The Balaban J connectivity index is 1.30. The summed E-state index contributed by atoms with van der Waals surface area (Å²) in [6.07, 6.45) is 2.12. The molecule has 13 nitrogen and oxygen atoms in total. The normalized spacial score (nSPS) is 20.1. The van der Waals surface area contributed by atoms with Crippen molar-refractivity contribution < 1.29 is 33.8 Å². The number of nitrogens with zero attached hydrogens (tertiary/aromatic N) is 4. The highest BCUT2D eigenvalue weighted by molar-refractivity contribution is 5.93. The molecule has 0 unspecified atom stereocenters. The molecule has 0 saturated carbocycles. The number of carbonyl (C=O) groups excluding carboxylic acids is 4. The smallest absolute Gasteiger partial charge is 0.410 e. The summed E-state index contributed by atoms with van der Waals surface area (Å²) in [7, 11) is 1.88. The van der Waals surface area contributed by atoms with Gasteiger partial charge in [0.15, 0.2) is 0 Å². The summed E-state index contributed by atoms with van der Waals surface area (Å²) in [6, 6.07) is 7.58. The Hall–Kier alpha value is -3.97. The minimum atomic E-state index is -0.946. The van der Waals surface area contributed by atoms with Gasteiger partial charge < -0.3 is 35.0 Å². The van der Waals surface area contributed by atoms with Crippen LogP contribution in [0.25, 0.3) is 11.3 Å². The molecule has 0 radical (unpaired) electrons. The summed E-state index contributed by atoms with van der Waals surface area (Å²) in [6.45, 7) is 14.1. The summed E-state index contributed by atoms with van der Waals surface area (Å²) in [5.74, 6) is -1.05. The van der Waals surface area contributed by atoms with E-state index in [4.69, 9.17) is 9.47 Å². The van der Waals surface area contributed by atoms with Crippen LogP contribution in [-0.4, -0.2) is 105 Å². The summed E-state index contributed by atoms with van der Waals surface area (Å²) < 4.78 is 13.0. The van der Waals surface area contributed by atoms with E-state index >= 15 is 0 Å². The summed E-state index contributed by atoms with van der Waals surface area (Å²) in [5, 5.41) is 20.6. The van der Waals surface area contributed by atoms with Crippen molar-refractivity contribution in [2.24, 2.45) is 18.4 Å². The molecule has 2 fully saturated rings. The first-order chi connectivity index (χ1) is 22.9. The third-order valence-corrected chi connectivity index (χ3v) is 9.02. The van der Waals surface area contributed by atoms with Gasteiger partial charge in [-0.15, -0.1) is 0 Å². The van der Waals surface area contributed by atoms with Gasteiger partial charge >= 0.3 is 6.09 Å². The lowest BCUT2D eigenvalue weighted by Crippen LogP contribution is -2.58. The van der Waals surface area contributed by atoms with Crippen LogP contribution < -0.4 is 10.6 Å². The molecule has 1 aromatic carbocycles. The molecule has 4 atom stereocenters. The molecule has 0 spiro atoms. The number of nitrogens with one attached hydrogen (secondary N) is 2. The van der Waals surface area contributed by atoms with E-state index in [1.54, 1.807) is 15.8 Å². The van der Waals surface area contributed by atoms with Crippen molar-refractivity contribution in [2.45, 2.75) is 97.6 Å². The molecule has 49 heavy (non-hydrogen) atoms. The Kier molecular flexibility index (Phi) is 12.1. The molecule has 2 aliphatic rings. The minimum absolute atomic E-state index is 0.00829. The average molecular weight is 683 g/mol. The van der Waals surface area contributed by atoms with Crippen LogP contribution in [0.1, 0.15) is 79.3 Å². The molecule has 0 aliphatic carbocycles. The average Bonchev–Trinajstić information content (AvgIpc) is 3.63. The predicted octanol–water partition coefficient (Wildman–Crippen LogP) is 3.42. The molecule has 2 saturated heterocycles. The molecular weight excluding hydrogens is 628 g/mol. The van der Waals surface area contributed by atoms with Gasteiger partial charge in [0.25, 0.3) is 0 Å². The van der Waals surface area contributed by atoms with Crippen molar-refractivity contribution in [3.63, 3.8) is 0 Å². The number of aromatic nitrogens is 2. The van der Waals surface area contributed by atoms with Crippen molar-refractivity contribution in [3.8, 4) is 11.3 Å². The second-order valence-corrected chi connectivity index (χ2v) is 15.4. The molecule has 0 bridgehead atoms. The Bertz CT molecular complexity index is 1450. The van der Waals surface area contributed by atoms with Crippen LogP contribution in [-0.2, 0) is 30.9 Å². The molecule has 4 amide bonds. The SMILES string of the molecule is C[C@H](NC(=O)[C@@H]1C[C@@H](O)CN1C(=O)[C@@H](NC(=O)COCC1CCN(C(=O)OC(C)(C)C)CC1)C(C)(C)C)c1ccc(-c2ccnn2C)cc1. The number of benzene rings is 1. The van der Waals surface area contributed by atoms with Crippen molar-refractivity contribution in [1.82, 2.24) is 30.2 Å². The van der Waals surface area contributed by atoms with Crippen molar-refractivity contribution in [3.05, 3.63) is 42.1 Å². The topological polar surface area (TPSA) is 155 Å². The number of hydrogen-bond donors (Lipinski definition) is 3. The van der Waals surface area contributed by atoms with Gasteiger partial charge in [0, 0.05) is 39.3 Å². The van der Waals surface area contributed by atoms with Crippen molar-refractivity contribution in [2.75, 3.05) is 32.8 Å². The Morgan fingerprint density at radius 2 is 1.65 bits per heavy atom. The first kappa shape index (κ1) is 37.8. The predicted molar refractivity (Wildman–Crippen MR) is 184 cm³/mol. The van der Waals surface area contributed by atoms with E-state index in [9.17, 15) is 24.3 Å². The number of aryl methyl sites for hydroxylation is 1. The largest absolute Gasteiger partial charge is 0.444 e. The number of rotatable bonds is 10. The van der Waals surface area contributed by atoms with Gasteiger partial charge in [-0.25, -0.2) is 4.79 Å². The van der Waals surface area contributed by atoms with Crippen molar-refractivity contribution >= 4 is 23.8 Å². The minimum Gasteiger partial charge on any atom is -0.444 e. The third kappa shape index (κ3) is 10.3. The highest BCUT2D eigenvalue weighted by atomic mass is 16.6. The lowest BCUT2D eigenvalue weighted by molar-refractivity contribution is -0.144. The van der Waals surface area contributed by atoms with Gasteiger partial charge in [0.1, 0.15) is 24.3 Å². The van der Waals surface area contributed by atoms with Crippen LogP contribution >= 0.6 is 0 Å². The van der Waals surface area contributed by atoms with E-state index < -0.39 is 41.0 Å². The Morgan fingerprint density at radius 3 is 2.22 bits per heavy atom. The van der Waals surface area contributed by atoms with Gasteiger partial charge in [-0.1, -0.05) is 45.0 Å². The number of aliphatic hydroxyl groups is 1. The maximum Gasteiger partial charge on any atom is 0.410 e. The highest BCUT2D eigenvalue weighted by Crippen LogP contribution is 2.28. The Labute approximate surface area is 289 Å². The van der Waals surface area contributed by atoms with E-state index in [1.165, 1.54) is 4.90 Å². The second-order valence-electron chi connectivity index (χ2n) is 15.4. The maximum atomic E-state index is 13.9. The lowest BCUT2D eigenvalue weighted by Gasteiger charge is -2.35. The van der Waals surface area contributed by atoms with Crippen LogP contribution in [0.3, 0.4) is 0 Å². The van der Waals surface area contributed by atoms with Crippen LogP contribution in [0.4, 0.5) is 4.79 Å². The molecule has 1 aromatic heterocycles. The summed E-state index contributed by atoms with van der Waals surface area (Å²) in [4.78, 5) is 55.9. The van der Waals surface area contributed by atoms with Crippen LogP contribution in [0.5, 0.6) is 0 Å². The van der Waals surface area contributed by atoms with Gasteiger partial charge in [-0.3, -0.25) is 19.1 Å². The number of β-amino-alcohol motifs (C(OH)–C–C–N with tert-alkyl or cyclic N) is 1. The zero-order valence-corrected chi connectivity index (χ0v) is 30.2. The number of ether oxygens (including phenoxy) is 2. The molecule has 270 valence electrons.